The number of aliphatic hydroxyl groups is 20. The van der Waals surface area contributed by atoms with Crippen molar-refractivity contribution >= 4 is 35.8 Å². The number of rotatable bonds is 20. The van der Waals surface area contributed by atoms with Crippen molar-refractivity contribution < 1.29 is 206 Å². The number of cyclic esters (lactones) is 6. The fourth-order valence-electron chi connectivity index (χ4n) is 5.41. The Kier molecular flexibility index (Phi) is 24.3. The normalized spacial score (nSPS) is 25.4. The number of hydrogen-bond donors (Lipinski definition) is 20. The molecule has 0 aliphatic carbocycles. The third-order valence-corrected chi connectivity index (χ3v) is 9.27. The summed E-state index contributed by atoms with van der Waals surface area (Å²) in [6.45, 7) is -4.74. The summed E-state index contributed by atoms with van der Waals surface area (Å²) in [5, 5.41) is 190. The first-order valence-corrected chi connectivity index (χ1v) is 19.8. The van der Waals surface area contributed by atoms with E-state index in [1.54, 1.807) is 0 Å². The van der Waals surface area contributed by atoms with Crippen LogP contribution in [-0.4, -0.2) is 251 Å². The molecule has 20 N–H and O–H groups in total. The van der Waals surface area contributed by atoms with Crippen molar-refractivity contribution in [2.75, 3.05) is 39.6 Å². The van der Waals surface area contributed by atoms with Crippen molar-refractivity contribution in [1.82, 2.24) is 0 Å². The second-order valence-corrected chi connectivity index (χ2v) is 14.2. The van der Waals surface area contributed by atoms with E-state index in [1.165, 1.54) is 0 Å². The summed E-state index contributed by atoms with van der Waals surface area (Å²) in [6, 6.07) is 0. The van der Waals surface area contributed by atoms with Crippen LogP contribution in [0.25, 0.3) is 0 Å². The molecule has 0 bridgehead atoms. The maximum Gasteiger partial charge on any atom is 0.378 e. The second-order valence-electron chi connectivity index (χ2n) is 14.2. The Morgan fingerprint density at radius 3 is 0.627 bits per heavy atom. The maximum absolute atomic E-state index is 11.2. The minimum atomic E-state index is -1.65. The van der Waals surface area contributed by atoms with Crippen molar-refractivity contribution in [3.63, 3.8) is 0 Å². The van der Waals surface area contributed by atoms with E-state index < -0.39 is 218 Å². The standard InChI is InChI=1S/2C12H14O13.2C6H8O6.Fe/c2*13-1-3(15)7-9(5(17)11(19)21-7)23-25-24-10-6(18)12(20)22-8(10)4(16)2-14;2*7-1-2(8)5-3(9)4(10)6(11)12-5;/h2*3-4,7-8,13-18H,1-2H2;2*2,5,7-10H,1H2;/t2*3-,4-,7+,8+;2*2-,5+;/m0000./s1. The summed E-state index contributed by atoms with van der Waals surface area (Å²) in [4.78, 5) is 83.9. The van der Waals surface area contributed by atoms with Gasteiger partial charge in [0.15, 0.2) is 48.1 Å². The van der Waals surface area contributed by atoms with E-state index in [2.05, 4.69) is 58.0 Å². The third-order valence-electron chi connectivity index (χ3n) is 9.27. The predicted octanol–water partition coefficient (Wildman–Crippen LogP) is -8.89. The molecule has 0 fully saturated rings. The summed E-state index contributed by atoms with van der Waals surface area (Å²) in [6.07, 6.45) is -18.6. The fourth-order valence-corrected chi connectivity index (χ4v) is 5.41. The Bertz CT molecular complexity index is 2020. The molecule has 424 valence electrons. The van der Waals surface area contributed by atoms with Gasteiger partial charge in [-0.2, -0.15) is 0 Å². The molecule has 0 aromatic heterocycles. The summed E-state index contributed by atoms with van der Waals surface area (Å²) in [5.41, 5.74) is 0. The first kappa shape index (κ1) is 63.9. The first-order chi connectivity index (χ1) is 34.8. The van der Waals surface area contributed by atoms with E-state index in [0.29, 0.717) is 0 Å². The van der Waals surface area contributed by atoms with Gasteiger partial charge in [0.1, 0.15) is 36.6 Å². The van der Waals surface area contributed by atoms with Gasteiger partial charge in [-0.25, -0.2) is 28.8 Å². The number of hydrogen-bond acceptors (Lipinski definition) is 38. The Balaban J connectivity index is 0.000000360. The molecule has 6 rings (SSSR count). The molecule has 39 heteroatoms. The summed E-state index contributed by atoms with van der Waals surface area (Å²) in [5.74, 6) is -18.0. The molecule has 0 aromatic rings. The van der Waals surface area contributed by atoms with E-state index >= 15 is 0 Å². The number of ether oxygens (including phenoxy) is 6. The molecule has 6 aliphatic rings. The van der Waals surface area contributed by atoms with Crippen LogP contribution in [0.1, 0.15) is 0 Å². The molecular weight excluding hydrogens is 1100 g/mol. The molecular formula is C36H44FeO38. The number of esters is 6. The molecule has 0 amide bonds. The molecule has 0 radical (unpaired) electrons. The smallest absolute Gasteiger partial charge is 0.378 e. The van der Waals surface area contributed by atoms with Crippen LogP contribution in [0.5, 0.6) is 0 Å². The van der Waals surface area contributed by atoms with Crippen LogP contribution in [0.2, 0.25) is 0 Å². The summed E-state index contributed by atoms with van der Waals surface area (Å²) >= 11 is 0. The second kappa shape index (κ2) is 28.5. The van der Waals surface area contributed by atoms with E-state index in [4.69, 9.17) is 61.3 Å². The van der Waals surface area contributed by atoms with Gasteiger partial charge in [-0.1, -0.05) is 0 Å². The molecule has 38 nitrogen and oxygen atoms in total. The Hall–Kier alpha value is -7.18. The Morgan fingerprint density at radius 1 is 0.307 bits per heavy atom. The van der Waals surface area contributed by atoms with Crippen molar-refractivity contribution in [3.05, 3.63) is 69.1 Å². The largest absolute Gasteiger partial charge is 0.505 e. The maximum atomic E-state index is 11.2. The Morgan fingerprint density at radius 2 is 0.467 bits per heavy atom. The molecule has 6 heterocycles. The average Bonchev–Trinajstić information content (AvgIpc) is 4.17. The summed E-state index contributed by atoms with van der Waals surface area (Å²) < 4.78 is 26.7. The van der Waals surface area contributed by atoms with Crippen molar-refractivity contribution in [2.24, 2.45) is 0 Å². The monoisotopic (exact) mass is 1140 g/mol. The van der Waals surface area contributed by atoms with Gasteiger partial charge in [-0.05, 0) is 0 Å². The van der Waals surface area contributed by atoms with Gasteiger partial charge in [0.2, 0.25) is 57.6 Å². The van der Waals surface area contributed by atoms with Crippen LogP contribution in [0.15, 0.2) is 69.1 Å². The summed E-state index contributed by atoms with van der Waals surface area (Å²) in [7, 11) is 0. The molecule has 0 aromatic carbocycles. The average molecular weight is 1140 g/mol. The molecule has 0 spiro atoms. The van der Waals surface area contributed by atoms with Crippen LogP contribution in [0.3, 0.4) is 0 Å². The zero-order chi connectivity index (χ0) is 56.0. The minimum Gasteiger partial charge on any atom is -0.505 e. The molecule has 6 aliphatic heterocycles. The van der Waals surface area contributed by atoms with Gasteiger partial charge < -0.3 is 131 Å². The topological polar surface area (TPSA) is 618 Å². The molecule has 12 atom stereocenters. The van der Waals surface area contributed by atoms with E-state index in [-0.39, 0.29) is 17.1 Å². The van der Waals surface area contributed by atoms with Crippen LogP contribution in [-0.2, 0) is 104 Å². The van der Waals surface area contributed by atoms with Crippen molar-refractivity contribution in [2.45, 2.75) is 73.2 Å². The van der Waals surface area contributed by atoms with Gasteiger partial charge in [-0.3, -0.25) is 19.6 Å². The van der Waals surface area contributed by atoms with Gasteiger partial charge in [0.25, 0.3) is 0 Å². The predicted molar refractivity (Wildman–Crippen MR) is 208 cm³/mol. The molecule has 0 saturated carbocycles. The van der Waals surface area contributed by atoms with Crippen LogP contribution < -0.4 is 0 Å². The van der Waals surface area contributed by atoms with Crippen LogP contribution in [0, 0.1) is 0 Å². The first-order valence-electron chi connectivity index (χ1n) is 19.8. The quantitative estimate of drug-likeness (QED) is 0.0177. The number of carbonyl (C=O) groups is 6. The molecule has 75 heavy (non-hydrogen) atoms. The van der Waals surface area contributed by atoms with Gasteiger partial charge in [-0.15, -0.1) is 0 Å². The SMILES string of the molecule is O=C1O[C@H]([C@@H](O)CO)C(O)=C1O.O=C1O[C@H]([C@@H](O)CO)C(O)=C1O.O=C1O[C@H]([C@@H](O)CO)C(OOOC2=C(O)C(=O)O[C@@H]2[C@@H](O)CO)=C1O.O=C1O[C@H]([C@@H](O)CO)C(OOOC2=C(O)C(=O)O[C@@H]2[C@@H](O)CO)=C1O.[Fe]. The van der Waals surface area contributed by atoms with E-state index in [1.807, 2.05) is 0 Å². The zero-order valence-corrected chi connectivity index (χ0v) is 37.9. The minimum absolute atomic E-state index is 0. The van der Waals surface area contributed by atoms with Crippen molar-refractivity contribution in [1.29, 1.82) is 0 Å². The zero-order valence-electron chi connectivity index (χ0n) is 36.8. The molecule has 0 unspecified atom stereocenters. The third kappa shape index (κ3) is 15.0. The van der Waals surface area contributed by atoms with Crippen LogP contribution >= 0.6 is 0 Å². The van der Waals surface area contributed by atoms with E-state index in [0.717, 1.165) is 0 Å². The number of aliphatic hydroxyl groups excluding tert-OH is 20. The number of carbonyl (C=O) groups excluding carboxylic acids is 6. The molecule has 0 saturated heterocycles. The van der Waals surface area contributed by atoms with Gasteiger partial charge in [0.05, 0.1) is 39.6 Å². The Labute approximate surface area is 423 Å². The van der Waals surface area contributed by atoms with Crippen LogP contribution in [0.4, 0.5) is 0 Å². The van der Waals surface area contributed by atoms with E-state index in [9.17, 15) is 69.6 Å². The fraction of sp³-hybridized carbons (Fsp3) is 0.500. The van der Waals surface area contributed by atoms with Crippen molar-refractivity contribution in [3.8, 4) is 0 Å². The van der Waals surface area contributed by atoms with Gasteiger partial charge in [0, 0.05) is 27.1 Å². The van der Waals surface area contributed by atoms with Gasteiger partial charge >= 0.3 is 35.8 Å².